The number of hydrogen-bond donors (Lipinski definition) is 1. The zero-order chi connectivity index (χ0) is 10.3. The molecule has 0 radical (unpaired) electrons. The Morgan fingerprint density at radius 2 is 2.21 bits per heavy atom. The molecule has 0 atom stereocenters. The van der Waals surface area contributed by atoms with Gasteiger partial charge in [-0.1, -0.05) is 12.1 Å². The first-order valence-electron chi connectivity index (χ1n) is 4.02. The monoisotopic (exact) mass is 254 g/mol. The summed E-state index contributed by atoms with van der Waals surface area (Å²) < 4.78 is 5.71. The highest BCUT2D eigenvalue weighted by atomic mass is 79.9. The molecule has 2 rings (SSSR count). The fourth-order valence-electron chi connectivity index (χ4n) is 1.41. The average molecular weight is 255 g/mol. The van der Waals surface area contributed by atoms with Crippen molar-refractivity contribution in [2.24, 2.45) is 0 Å². The highest BCUT2D eigenvalue weighted by Crippen LogP contribution is 2.32. The molecule has 0 aliphatic heterocycles. The number of carboxylic acids is 1. The van der Waals surface area contributed by atoms with Crippen LogP contribution in [0.2, 0.25) is 0 Å². The molecule has 0 saturated heterocycles. The second-order valence-electron chi connectivity index (χ2n) is 3.00. The molecule has 1 heterocycles. The zero-order valence-corrected chi connectivity index (χ0v) is 8.96. The fraction of sp³-hybridized carbons (Fsp3) is 0.100. The Labute approximate surface area is 88.5 Å². The molecule has 2 aromatic rings. The van der Waals surface area contributed by atoms with Crippen LogP contribution in [0.5, 0.6) is 0 Å². The molecule has 4 heteroatoms. The maximum atomic E-state index is 10.8. The molecule has 72 valence electrons. The lowest BCUT2D eigenvalue weighted by Gasteiger charge is -1.92. The topological polar surface area (TPSA) is 50.4 Å². The summed E-state index contributed by atoms with van der Waals surface area (Å²) in [7, 11) is 0. The molecular formula is C10H7BrO3. The lowest BCUT2D eigenvalue weighted by atomic mass is 10.1. The predicted molar refractivity (Wildman–Crippen MR) is 55.6 cm³/mol. The minimum absolute atomic E-state index is 0.0469. The third kappa shape index (κ3) is 1.23. The van der Waals surface area contributed by atoms with Gasteiger partial charge in [0.05, 0.1) is 4.47 Å². The average Bonchev–Trinajstić information content (AvgIpc) is 2.45. The van der Waals surface area contributed by atoms with Crippen LogP contribution >= 0.6 is 15.9 Å². The van der Waals surface area contributed by atoms with Gasteiger partial charge in [-0.25, -0.2) is 4.79 Å². The molecule has 0 fully saturated rings. The van der Waals surface area contributed by atoms with Gasteiger partial charge in [0, 0.05) is 5.39 Å². The van der Waals surface area contributed by atoms with Crippen LogP contribution in [0.15, 0.2) is 27.1 Å². The molecule has 0 spiro atoms. The Morgan fingerprint density at radius 3 is 2.79 bits per heavy atom. The summed E-state index contributed by atoms with van der Waals surface area (Å²) in [4.78, 5) is 10.8. The SMILES string of the molecule is Cc1cccc2oc(C(=O)O)c(Br)c12. The molecule has 3 nitrogen and oxygen atoms in total. The Bertz CT molecular complexity index is 513. The maximum Gasteiger partial charge on any atom is 0.373 e. The molecule has 14 heavy (non-hydrogen) atoms. The van der Waals surface area contributed by atoms with Crippen LogP contribution in [0.3, 0.4) is 0 Å². The van der Waals surface area contributed by atoms with Crippen molar-refractivity contribution < 1.29 is 14.3 Å². The van der Waals surface area contributed by atoms with Gasteiger partial charge in [0.1, 0.15) is 5.58 Å². The number of aromatic carboxylic acids is 1. The molecule has 0 saturated carbocycles. The minimum atomic E-state index is -1.06. The summed E-state index contributed by atoms with van der Waals surface area (Å²) >= 11 is 3.23. The number of benzene rings is 1. The number of rotatable bonds is 1. The van der Waals surface area contributed by atoms with E-state index in [4.69, 9.17) is 9.52 Å². The van der Waals surface area contributed by atoms with E-state index in [1.54, 1.807) is 6.07 Å². The number of carboxylic acid groups (broad SMARTS) is 1. The van der Waals surface area contributed by atoms with Gasteiger partial charge < -0.3 is 9.52 Å². The van der Waals surface area contributed by atoms with Gasteiger partial charge in [-0.2, -0.15) is 0 Å². The standard InChI is InChI=1S/C10H7BrO3/c1-5-3-2-4-6-7(5)8(11)9(14-6)10(12)13/h2-4H,1H3,(H,12,13). The van der Waals surface area contributed by atoms with E-state index in [0.717, 1.165) is 10.9 Å². The van der Waals surface area contributed by atoms with Gasteiger partial charge in [0.25, 0.3) is 0 Å². The van der Waals surface area contributed by atoms with E-state index < -0.39 is 5.97 Å². The number of aryl methyl sites for hydroxylation is 1. The smallest absolute Gasteiger partial charge is 0.373 e. The first kappa shape index (κ1) is 9.27. The highest BCUT2D eigenvalue weighted by molar-refractivity contribution is 9.10. The molecule has 0 aliphatic carbocycles. The van der Waals surface area contributed by atoms with Crippen molar-refractivity contribution in [2.75, 3.05) is 0 Å². The Kier molecular flexibility index (Phi) is 2.07. The van der Waals surface area contributed by atoms with Gasteiger partial charge in [-0.05, 0) is 34.5 Å². The van der Waals surface area contributed by atoms with E-state index in [1.807, 2.05) is 19.1 Å². The molecule has 0 unspecified atom stereocenters. The van der Waals surface area contributed by atoms with Crippen molar-refractivity contribution >= 4 is 32.9 Å². The van der Waals surface area contributed by atoms with Crippen molar-refractivity contribution in [1.29, 1.82) is 0 Å². The number of halogens is 1. The summed E-state index contributed by atoms with van der Waals surface area (Å²) in [6.45, 7) is 1.91. The lowest BCUT2D eigenvalue weighted by molar-refractivity contribution is 0.0663. The third-order valence-corrected chi connectivity index (χ3v) is 2.82. The molecule has 0 amide bonds. The van der Waals surface area contributed by atoms with Gasteiger partial charge in [0.15, 0.2) is 0 Å². The predicted octanol–water partition coefficient (Wildman–Crippen LogP) is 3.20. The largest absolute Gasteiger partial charge is 0.475 e. The van der Waals surface area contributed by atoms with E-state index in [1.165, 1.54) is 0 Å². The van der Waals surface area contributed by atoms with Crippen molar-refractivity contribution in [3.8, 4) is 0 Å². The van der Waals surface area contributed by atoms with Crippen LogP contribution < -0.4 is 0 Å². The van der Waals surface area contributed by atoms with Crippen molar-refractivity contribution in [1.82, 2.24) is 0 Å². The van der Waals surface area contributed by atoms with E-state index in [-0.39, 0.29) is 5.76 Å². The number of hydrogen-bond acceptors (Lipinski definition) is 2. The van der Waals surface area contributed by atoms with Crippen LogP contribution in [0.25, 0.3) is 11.0 Å². The molecule has 0 aliphatic rings. The van der Waals surface area contributed by atoms with E-state index in [0.29, 0.717) is 10.1 Å². The van der Waals surface area contributed by atoms with Crippen molar-refractivity contribution in [3.63, 3.8) is 0 Å². The summed E-state index contributed by atoms with van der Waals surface area (Å²) in [5, 5.41) is 9.66. The maximum absolute atomic E-state index is 10.8. The summed E-state index contributed by atoms with van der Waals surface area (Å²) in [6, 6.07) is 5.49. The van der Waals surface area contributed by atoms with Crippen molar-refractivity contribution in [3.05, 3.63) is 34.0 Å². The van der Waals surface area contributed by atoms with E-state index in [2.05, 4.69) is 15.9 Å². The van der Waals surface area contributed by atoms with Gasteiger partial charge in [0.2, 0.25) is 5.76 Å². The Hall–Kier alpha value is -1.29. The first-order chi connectivity index (χ1) is 6.61. The summed E-state index contributed by atoms with van der Waals surface area (Å²) in [6.07, 6.45) is 0. The normalized spacial score (nSPS) is 10.7. The number of furan rings is 1. The number of carbonyl (C=O) groups is 1. The number of fused-ring (bicyclic) bond motifs is 1. The van der Waals surface area contributed by atoms with E-state index in [9.17, 15) is 4.79 Å². The van der Waals surface area contributed by atoms with Crippen LogP contribution in [0, 0.1) is 6.92 Å². The second-order valence-corrected chi connectivity index (χ2v) is 3.79. The lowest BCUT2D eigenvalue weighted by Crippen LogP contribution is -1.93. The Balaban J connectivity index is 2.87. The van der Waals surface area contributed by atoms with Crippen molar-refractivity contribution in [2.45, 2.75) is 6.92 Å². The zero-order valence-electron chi connectivity index (χ0n) is 7.37. The molecule has 1 N–H and O–H groups in total. The van der Waals surface area contributed by atoms with Gasteiger partial charge in [-0.15, -0.1) is 0 Å². The fourth-order valence-corrected chi connectivity index (χ4v) is 2.17. The molecule has 0 bridgehead atoms. The highest BCUT2D eigenvalue weighted by Gasteiger charge is 2.18. The summed E-state index contributed by atoms with van der Waals surface area (Å²) in [5.74, 6) is -1.11. The van der Waals surface area contributed by atoms with E-state index >= 15 is 0 Å². The van der Waals surface area contributed by atoms with Gasteiger partial charge >= 0.3 is 5.97 Å². The van der Waals surface area contributed by atoms with Crippen LogP contribution in [-0.2, 0) is 0 Å². The molecule has 1 aromatic heterocycles. The molecular weight excluding hydrogens is 248 g/mol. The van der Waals surface area contributed by atoms with Crippen LogP contribution in [0.4, 0.5) is 0 Å². The van der Waals surface area contributed by atoms with Gasteiger partial charge in [-0.3, -0.25) is 0 Å². The second kappa shape index (κ2) is 3.13. The summed E-state index contributed by atoms with van der Waals surface area (Å²) in [5.41, 5.74) is 1.58. The minimum Gasteiger partial charge on any atom is -0.475 e. The molecule has 1 aromatic carbocycles. The third-order valence-electron chi connectivity index (χ3n) is 2.06. The Morgan fingerprint density at radius 1 is 1.50 bits per heavy atom. The first-order valence-corrected chi connectivity index (χ1v) is 4.81. The van der Waals surface area contributed by atoms with Crippen LogP contribution in [0.1, 0.15) is 16.1 Å². The quantitative estimate of drug-likeness (QED) is 0.851. The van der Waals surface area contributed by atoms with Crippen LogP contribution in [-0.4, -0.2) is 11.1 Å².